The molecule has 9 heteroatoms. The van der Waals surface area contributed by atoms with Gasteiger partial charge < -0.3 is 14.2 Å². The number of carbonyl (C=O) groups is 1. The smallest absolute Gasteiger partial charge is 0.338 e. The lowest BCUT2D eigenvalue weighted by molar-refractivity contribution is 0.0388. The third-order valence-corrected chi connectivity index (χ3v) is 3.33. The zero-order valence-electron chi connectivity index (χ0n) is 13.9. The Morgan fingerprint density at radius 3 is 2.11 bits per heavy atom. The van der Waals surface area contributed by atoms with Gasteiger partial charge in [-0.15, -0.1) is 0 Å². The van der Waals surface area contributed by atoms with Crippen LogP contribution >= 0.6 is 0 Å². The first kappa shape index (κ1) is 19.8. The van der Waals surface area contributed by atoms with Crippen LogP contribution in [-0.2, 0) is 9.47 Å². The molecule has 2 aromatic carbocycles. The van der Waals surface area contributed by atoms with Crippen LogP contribution in [0.4, 0.5) is 13.2 Å². The summed E-state index contributed by atoms with van der Waals surface area (Å²) in [6, 6.07) is 7.48. The van der Waals surface area contributed by atoms with E-state index in [-0.39, 0.29) is 24.5 Å². The first-order valence-corrected chi connectivity index (χ1v) is 7.39. The molecule has 0 amide bonds. The van der Waals surface area contributed by atoms with Crippen LogP contribution in [0.25, 0.3) is 0 Å². The molecule has 27 heavy (non-hydrogen) atoms. The maximum Gasteiger partial charge on any atom is 0.338 e. The molecule has 0 aromatic heterocycles. The summed E-state index contributed by atoms with van der Waals surface area (Å²) in [6.45, 7) is 0.266. The average Bonchev–Trinajstić information content (AvgIpc) is 2.68. The van der Waals surface area contributed by atoms with E-state index in [2.05, 4.69) is 0 Å². The van der Waals surface area contributed by atoms with E-state index in [9.17, 15) is 18.0 Å². The van der Waals surface area contributed by atoms with E-state index in [1.807, 2.05) is 0 Å². The van der Waals surface area contributed by atoms with Crippen molar-refractivity contribution < 1.29 is 32.2 Å². The average molecular weight is 376 g/mol. The molecule has 0 atom stereocenters. The van der Waals surface area contributed by atoms with Crippen molar-refractivity contribution in [3.63, 3.8) is 0 Å². The van der Waals surface area contributed by atoms with Gasteiger partial charge in [0, 0.05) is 7.11 Å². The van der Waals surface area contributed by atoms with Gasteiger partial charge in [0.15, 0.2) is 11.6 Å². The third-order valence-electron chi connectivity index (χ3n) is 3.33. The van der Waals surface area contributed by atoms with Crippen LogP contribution in [0, 0.1) is 40.1 Å². The summed E-state index contributed by atoms with van der Waals surface area (Å²) in [5, 5.41) is 17.6. The van der Waals surface area contributed by atoms with E-state index in [0.717, 1.165) is 0 Å². The number of hydrogen-bond donors (Lipinski definition) is 0. The SMILES string of the molecule is COCCOC(=O)c1ccc(Oc2c(F)c(F)c(C#N)c(C#N)c2F)cc1. The monoisotopic (exact) mass is 376 g/mol. The van der Waals surface area contributed by atoms with Gasteiger partial charge in [-0.3, -0.25) is 0 Å². The van der Waals surface area contributed by atoms with E-state index in [0.29, 0.717) is 0 Å². The zero-order valence-corrected chi connectivity index (χ0v) is 13.9. The summed E-state index contributed by atoms with van der Waals surface area (Å²) in [6.07, 6.45) is 0. The van der Waals surface area contributed by atoms with Crippen LogP contribution in [0.3, 0.4) is 0 Å². The molecule has 0 aliphatic carbocycles. The number of hydrogen-bond acceptors (Lipinski definition) is 6. The molecule has 2 rings (SSSR count). The predicted molar refractivity (Wildman–Crippen MR) is 84.4 cm³/mol. The lowest BCUT2D eigenvalue weighted by Gasteiger charge is -2.11. The molecule has 6 nitrogen and oxygen atoms in total. The number of methoxy groups -OCH3 is 1. The van der Waals surface area contributed by atoms with E-state index in [4.69, 9.17) is 24.7 Å². The minimum Gasteiger partial charge on any atom is -0.460 e. The Labute approximate surface area is 151 Å². The van der Waals surface area contributed by atoms with Crippen molar-refractivity contribution >= 4 is 5.97 Å². The van der Waals surface area contributed by atoms with Gasteiger partial charge >= 0.3 is 5.97 Å². The molecular weight excluding hydrogens is 365 g/mol. The fourth-order valence-electron chi connectivity index (χ4n) is 2.02. The normalized spacial score (nSPS) is 10.0. The Hall–Kier alpha value is -3.56. The maximum absolute atomic E-state index is 14.2. The molecular formula is C18H11F3N2O4. The van der Waals surface area contributed by atoms with Crippen LogP contribution in [0.5, 0.6) is 11.5 Å². The lowest BCUT2D eigenvalue weighted by atomic mass is 10.1. The van der Waals surface area contributed by atoms with Crippen LogP contribution in [0.1, 0.15) is 21.5 Å². The molecule has 0 fully saturated rings. The fraction of sp³-hybridized carbons (Fsp3) is 0.167. The second-order valence-electron chi connectivity index (χ2n) is 5.00. The Balaban J connectivity index is 2.28. The number of carbonyl (C=O) groups excluding carboxylic acids is 1. The van der Waals surface area contributed by atoms with E-state index in [1.54, 1.807) is 0 Å². The summed E-state index contributed by atoms with van der Waals surface area (Å²) in [4.78, 5) is 11.7. The summed E-state index contributed by atoms with van der Waals surface area (Å²) < 4.78 is 56.7. The van der Waals surface area contributed by atoms with Gasteiger partial charge in [0.05, 0.1) is 12.2 Å². The lowest BCUT2D eigenvalue weighted by Crippen LogP contribution is -2.09. The third kappa shape index (κ3) is 4.17. The van der Waals surface area contributed by atoms with Gasteiger partial charge in [0.25, 0.3) is 0 Å². The second kappa shape index (κ2) is 8.70. The summed E-state index contributed by atoms with van der Waals surface area (Å²) in [7, 11) is 1.45. The van der Waals surface area contributed by atoms with Gasteiger partial charge in [-0.25, -0.2) is 13.6 Å². The fourth-order valence-corrected chi connectivity index (χ4v) is 2.02. The first-order valence-electron chi connectivity index (χ1n) is 7.39. The van der Waals surface area contributed by atoms with Crippen molar-refractivity contribution in [2.75, 3.05) is 20.3 Å². The van der Waals surface area contributed by atoms with Crippen LogP contribution < -0.4 is 4.74 Å². The van der Waals surface area contributed by atoms with Crippen LogP contribution in [0.2, 0.25) is 0 Å². The van der Waals surface area contributed by atoms with Gasteiger partial charge in [-0.05, 0) is 24.3 Å². The highest BCUT2D eigenvalue weighted by atomic mass is 19.2. The molecule has 0 heterocycles. The van der Waals surface area contributed by atoms with Gasteiger partial charge in [0.2, 0.25) is 11.6 Å². The molecule has 138 valence electrons. The van der Waals surface area contributed by atoms with Gasteiger partial charge in [-0.1, -0.05) is 0 Å². The Morgan fingerprint density at radius 1 is 0.963 bits per heavy atom. The minimum atomic E-state index is -1.74. The molecule has 0 bridgehead atoms. The summed E-state index contributed by atoms with van der Waals surface area (Å²) in [5.41, 5.74) is -1.87. The minimum absolute atomic E-state index is 0.0471. The first-order chi connectivity index (χ1) is 12.9. The number of rotatable bonds is 6. The quantitative estimate of drug-likeness (QED) is 0.436. The number of nitriles is 2. The van der Waals surface area contributed by atoms with Crippen molar-refractivity contribution in [1.82, 2.24) is 0 Å². The molecule has 0 unspecified atom stereocenters. The molecule has 0 aliphatic rings. The van der Waals surface area contributed by atoms with E-state index >= 15 is 0 Å². The predicted octanol–water partition coefficient (Wildman–Crippen LogP) is 3.44. The maximum atomic E-state index is 14.2. The molecule has 2 aromatic rings. The van der Waals surface area contributed by atoms with Gasteiger partial charge in [0.1, 0.15) is 35.6 Å². The second-order valence-corrected chi connectivity index (χ2v) is 5.00. The number of nitrogens with zero attached hydrogens (tertiary/aromatic N) is 2. The standard InChI is InChI=1S/C18H11F3N2O4/c1-25-6-7-26-18(24)10-2-4-11(5-3-10)27-17-15(20)13(9-23)12(8-22)14(19)16(17)21/h2-5H,6-7H2,1H3. The van der Waals surface area contributed by atoms with Crippen molar-refractivity contribution in [3.05, 3.63) is 58.4 Å². The van der Waals surface area contributed by atoms with Crippen LogP contribution in [-0.4, -0.2) is 26.3 Å². The molecule has 0 radical (unpaired) electrons. The highest BCUT2D eigenvalue weighted by Gasteiger charge is 2.27. The zero-order chi connectivity index (χ0) is 20.0. The summed E-state index contributed by atoms with van der Waals surface area (Å²) >= 11 is 0. The molecule has 0 N–H and O–H groups in total. The largest absolute Gasteiger partial charge is 0.460 e. The number of esters is 1. The Kier molecular flexibility index (Phi) is 6.36. The topological polar surface area (TPSA) is 92.3 Å². The van der Waals surface area contributed by atoms with Crippen molar-refractivity contribution in [3.8, 4) is 23.6 Å². The summed E-state index contributed by atoms with van der Waals surface area (Å²) in [5.74, 6) is -6.88. The number of halogens is 3. The van der Waals surface area contributed by atoms with Crippen molar-refractivity contribution in [2.45, 2.75) is 0 Å². The van der Waals surface area contributed by atoms with Gasteiger partial charge in [-0.2, -0.15) is 14.9 Å². The number of ether oxygens (including phenoxy) is 3. The highest BCUT2D eigenvalue weighted by Crippen LogP contribution is 2.33. The number of benzene rings is 2. The Bertz CT molecular complexity index is 947. The molecule has 0 saturated carbocycles. The molecule has 0 spiro atoms. The van der Waals surface area contributed by atoms with Crippen molar-refractivity contribution in [2.24, 2.45) is 0 Å². The van der Waals surface area contributed by atoms with Crippen LogP contribution in [0.15, 0.2) is 24.3 Å². The van der Waals surface area contributed by atoms with E-state index in [1.165, 1.54) is 43.5 Å². The highest BCUT2D eigenvalue weighted by molar-refractivity contribution is 5.89. The Morgan fingerprint density at radius 2 is 1.56 bits per heavy atom. The molecule has 0 saturated heterocycles. The van der Waals surface area contributed by atoms with Crippen molar-refractivity contribution in [1.29, 1.82) is 10.5 Å². The van der Waals surface area contributed by atoms with E-state index < -0.39 is 40.3 Å². The molecule has 0 aliphatic heterocycles.